The highest BCUT2D eigenvalue weighted by Gasteiger charge is 2.30. The number of nitrogens with one attached hydrogen (secondary N) is 1. The molecule has 1 aromatic carbocycles. The van der Waals surface area contributed by atoms with Gasteiger partial charge in [0.25, 0.3) is 0 Å². The van der Waals surface area contributed by atoms with Gasteiger partial charge < -0.3 is 9.64 Å². The van der Waals surface area contributed by atoms with Crippen molar-refractivity contribution in [3.63, 3.8) is 0 Å². The van der Waals surface area contributed by atoms with Gasteiger partial charge in [-0.2, -0.15) is 5.10 Å². The van der Waals surface area contributed by atoms with Crippen LogP contribution in [-0.4, -0.2) is 59.4 Å². The summed E-state index contributed by atoms with van der Waals surface area (Å²) in [5.41, 5.74) is 1.27. The zero-order valence-electron chi connectivity index (χ0n) is 14.9. The first kappa shape index (κ1) is 16.4. The van der Waals surface area contributed by atoms with E-state index in [1.165, 1.54) is 37.9 Å². The lowest BCUT2D eigenvalue weighted by Crippen LogP contribution is -2.48. The molecule has 0 unspecified atom stereocenters. The van der Waals surface area contributed by atoms with Crippen molar-refractivity contribution in [1.82, 2.24) is 20.1 Å². The number of methoxy groups -OCH3 is 1. The molecule has 6 heteroatoms. The van der Waals surface area contributed by atoms with Crippen LogP contribution >= 0.6 is 0 Å². The molecule has 1 atom stereocenters. The Kier molecular flexibility index (Phi) is 4.88. The van der Waals surface area contributed by atoms with E-state index in [1.807, 2.05) is 6.07 Å². The van der Waals surface area contributed by atoms with E-state index < -0.39 is 0 Å². The number of aromatic nitrogens is 3. The van der Waals surface area contributed by atoms with Crippen LogP contribution in [0.25, 0.3) is 0 Å². The summed E-state index contributed by atoms with van der Waals surface area (Å²) >= 11 is 0. The number of aromatic amines is 1. The zero-order chi connectivity index (χ0) is 17.1. The molecule has 25 heavy (non-hydrogen) atoms. The first-order chi connectivity index (χ1) is 12.3. The first-order valence-electron chi connectivity index (χ1n) is 9.32. The van der Waals surface area contributed by atoms with E-state index >= 15 is 0 Å². The smallest absolute Gasteiger partial charge is 0.137 e. The molecular weight excluding hydrogens is 314 g/mol. The third-order valence-corrected chi connectivity index (χ3v) is 5.67. The SMILES string of the molecule is COc1cccc(N2CCC(N3CCC[C@H](c4ncn[nH]4)C3)CC2)c1. The van der Waals surface area contributed by atoms with E-state index in [9.17, 15) is 0 Å². The molecule has 0 saturated carbocycles. The number of benzene rings is 1. The maximum Gasteiger partial charge on any atom is 0.137 e. The van der Waals surface area contributed by atoms with E-state index in [0.29, 0.717) is 12.0 Å². The predicted octanol–water partition coefficient (Wildman–Crippen LogP) is 2.66. The van der Waals surface area contributed by atoms with Crippen LogP contribution in [0.2, 0.25) is 0 Å². The Morgan fingerprint density at radius 2 is 2.04 bits per heavy atom. The first-order valence-corrected chi connectivity index (χ1v) is 9.32. The zero-order valence-corrected chi connectivity index (χ0v) is 14.9. The molecule has 2 fully saturated rings. The Bertz CT molecular complexity index is 666. The van der Waals surface area contributed by atoms with Crippen molar-refractivity contribution in [2.24, 2.45) is 0 Å². The third kappa shape index (κ3) is 3.63. The lowest BCUT2D eigenvalue weighted by atomic mass is 9.93. The lowest BCUT2D eigenvalue weighted by molar-refractivity contribution is 0.126. The molecule has 2 aliphatic rings. The summed E-state index contributed by atoms with van der Waals surface area (Å²) in [6.45, 7) is 4.55. The van der Waals surface area contributed by atoms with Gasteiger partial charge in [0, 0.05) is 43.3 Å². The van der Waals surface area contributed by atoms with Gasteiger partial charge >= 0.3 is 0 Å². The van der Waals surface area contributed by atoms with E-state index in [2.05, 4.69) is 43.2 Å². The normalized spacial score (nSPS) is 22.9. The van der Waals surface area contributed by atoms with Gasteiger partial charge in [0.1, 0.15) is 17.9 Å². The molecule has 2 saturated heterocycles. The molecule has 0 radical (unpaired) electrons. The molecule has 0 spiro atoms. The minimum absolute atomic E-state index is 0.507. The molecule has 0 amide bonds. The fourth-order valence-electron chi connectivity index (χ4n) is 4.27. The summed E-state index contributed by atoms with van der Waals surface area (Å²) in [6, 6.07) is 9.10. The van der Waals surface area contributed by atoms with Crippen LogP contribution in [0.3, 0.4) is 0 Å². The summed E-state index contributed by atoms with van der Waals surface area (Å²) in [6.07, 6.45) is 6.54. The lowest BCUT2D eigenvalue weighted by Gasteiger charge is -2.42. The minimum atomic E-state index is 0.507. The van der Waals surface area contributed by atoms with Gasteiger partial charge in [-0.3, -0.25) is 10.00 Å². The molecule has 1 aromatic heterocycles. The second-order valence-electron chi connectivity index (χ2n) is 7.12. The summed E-state index contributed by atoms with van der Waals surface area (Å²) < 4.78 is 5.36. The van der Waals surface area contributed by atoms with Gasteiger partial charge in [0.05, 0.1) is 7.11 Å². The van der Waals surface area contributed by atoms with E-state index in [4.69, 9.17) is 4.74 Å². The number of hydrogen-bond acceptors (Lipinski definition) is 5. The third-order valence-electron chi connectivity index (χ3n) is 5.67. The molecule has 2 aromatic rings. The summed E-state index contributed by atoms with van der Waals surface area (Å²) in [5.74, 6) is 2.50. The number of ether oxygens (including phenoxy) is 1. The maximum atomic E-state index is 5.36. The van der Waals surface area contributed by atoms with Crippen LogP contribution in [0.1, 0.15) is 37.4 Å². The van der Waals surface area contributed by atoms with Crippen LogP contribution in [0.15, 0.2) is 30.6 Å². The number of piperidine rings is 2. The number of rotatable bonds is 4. The van der Waals surface area contributed by atoms with Crippen molar-refractivity contribution < 1.29 is 4.74 Å². The molecule has 1 N–H and O–H groups in total. The molecule has 0 bridgehead atoms. The minimum Gasteiger partial charge on any atom is -0.497 e. The van der Waals surface area contributed by atoms with Crippen LogP contribution in [0.4, 0.5) is 5.69 Å². The van der Waals surface area contributed by atoms with E-state index in [1.54, 1.807) is 13.4 Å². The van der Waals surface area contributed by atoms with Gasteiger partial charge in [0.2, 0.25) is 0 Å². The van der Waals surface area contributed by atoms with Gasteiger partial charge in [0.15, 0.2) is 0 Å². The number of anilines is 1. The highest BCUT2D eigenvalue weighted by Crippen LogP contribution is 2.30. The Morgan fingerprint density at radius 3 is 2.80 bits per heavy atom. The number of nitrogens with zero attached hydrogens (tertiary/aromatic N) is 4. The highest BCUT2D eigenvalue weighted by atomic mass is 16.5. The quantitative estimate of drug-likeness (QED) is 0.926. The van der Waals surface area contributed by atoms with Gasteiger partial charge in [-0.15, -0.1) is 0 Å². The topological polar surface area (TPSA) is 57.3 Å². The van der Waals surface area contributed by atoms with Gasteiger partial charge in [-0.1, -0.05) is 6.07 Å². The highest BCUT2D eigenvalue weighted by molar-refractivity contribution is 5.51. The van der Waals surface area contributed by atoms with Crippen LogP contribution in [0, 0.1) is 0 Å². The fraction of sp³-hybridized carbons (Fsp3) is 0.579. The largest absolute Gasteiger partial charge is 0.497 e. The van der Waals surface area contributed by atoms with Crippen molar-refractivity contribution in [3.05, 3.63) is 36.4 Å². The van der Waals surface area contributed by atoms with Crippen LogP contribution in [0.5, 0.6) is 5.75 Å². The average Bonchev–Trinajstić information content (AvgIpc) is 3.23. The van der Waals surface area contributed by atoms with Crippen LogP contribution < -0.4 is 9.64 Å². The fourth-order valence-corrected chi connectivity index (χ4v) is 4.27. The summed E-state index contributed by atoms with van der Waals surface area (Å²) in [7, 11) is 1.73. The van der Waals surface area contributed by atoms with Crippen molar-refractivity contribution in [3.8, 4) is 5.75 Å². The Morgan fingerprint density at radius 1 is 1.16 bits per heavy atom. The Hall–Kier alpha value is -2.08. The van der Waals surface area contributed by atoms with Crippen molar-refractivity contribution >= 4 is 5.69 Å². The number of likely N-dealkylation sites (tertiary alicyclic amines) is 1. The second-order valence-corrected chi connectivity index (χ2v) is 7.12. The van der Waals surface area contributed by atoms with Crippen molar-refractivity contribution in [2.75, 3.05) is 38.2 Å². The van der Waals surface area contributed by atoms with Gasteiger partial charge in [-0.25, -0.2) is 4.98 Å². The number of hydrogen-bond donors (Lipinski definition) is 1. The average molecular weight is 341 g/mol. The van der Waals surface area contributed by atoms with E-state index in [0.717, 1.165) is 31.2 Å². The summed E-state index contributed by atoms with van der Waals surface area (Å²) in [5, 5.41) is 7.08. The van der Waals surface area contributed by atoms with Crippen molar-refractivity contribution in [2.45, 2.75) is 37.6 Å². The number of H-pyrrole nitrogens is 1. The maximum absolute atomic E-state index is 5.36. The van der Waals surface area contributed by atoms with Crippen LogP contribution in [-0.2, 0) is 0 Å². The molecule has 3 heterocycles. The molecule has 134 valence electrons. The predicted molar refractivity (Wildman–Crippen MR) is 98.2 cm³/mol. The standard InChI is InChI=1S/C19H27N5O/c1-25-18-6-2-5-17(12-18)23-10-7-16(8-11-23)24-9-3-4-15(13-24)19-20-14-21-22-19/h2,5-6,12,14-16H,3-4,7-11,13H2,1H3,(H,20,21,22)/t15-/m0/s1. The second kappa shape index (κ2) is 7.44. The Balaban J connectivity index is 1.35. The summed E-state index contributed by atoms with van der Waals surface area (Å²) in [4.78, 5) is 9.54. The molecular formula is C19H27N5O. The van der Waals surface area contributed by atoms with E-state index in [-0.39, 0.29) is 0 Å². The van der Waals surface area contributed by atoms with Gasteiger partial charge in [-0.05, 0) is 44.4 Å². The molecule has 6 nitrogen and oxygen atoms in total. The molecule has 0 aliphatic carbocycles. The molecule has 2 aliphatic heterocycles. The monoisotopic (exact) mass is 341 g/mol. The van der Waals surface area contributed by atoms with Crippen molar-refractivity contribution in [1.29, 1.82) is 0 Å². The Labute approximate surface area is 149 Å². The molecule has 4 rings (SSSR count).